The molecule has 0 atom stereocenters. The Morgan fingerprint density at radius 2 is 2.00 bits per heavy atom. The highest BCUT2D eigenvalue weighted by molar-refractivity contribution is 7.80. The average Bonchev–Trinajstić information content (AvgIpc) is 3.00. The van der Waals surface area contributed by atoms with E-state index < -0.39 is 0 Å². The Hall–Kier alpha value is -2.47. The second-order valence-corrected chi connectivity index (χ2v) is 5.03. The van der Waals surface area contributed by atoms with Crippen molar-refractivity contribution in [3.05, 3.63) is 54.2 Å². The van der Waals surface area contributed by atoms with Gasteiger partial charge in [0.05, 0.1) is 0 Å². The van der Waals surface area contributed by atoms with Gasteiger partial charge in [0.1, 0.15) is 4.99 Å². The Morgan fingerprint density at radius 3 is 2.71 bits per heavy atom. The van der Waals surface area contributed by atoms with Crippen molar-refractivity contribution < 1.29 is 4.52 Å². The van der Waals surface area contributed by atoms with Gasteiger partial charge in [-0.25, -0.2) is 0 Å². The van der Waals surface area contributed by atoms with E-state index in [-0.39, 0.29) is 0 Å². The summed E-state index contributed by atoms with van der Waals surface area (Å²) in [6.07, 6.45) is 2.03. The number of nitrogens with one attached hydrogen (secondary N) is 1. The molecule has 3 N–H and O–H groups in total. The van der Waals surface area contributed by atoms with E-state index in [0.29, 0.717) is 17.2 Å². The molecule has 0 saturated carbocycles. The lowest BCUT2D eigenvalue weighted by Gasteiger charge is -2.12. The van der Waals surface area contributed by atoms with Crippen LogP contribution in [0.15, 0.2) is 47.3 Å². The molecule has 3 rings (SSSR count). The van der Waals surface area contributed by atoms with Gasteiger partial charge in [-0.05, 0) is 17.5 Å². The number of fused-ring (bicyclic) bond motifs is 1. The summed E-state index contributed by atoms with van der Waals surface area (Å²) in [6.45, 7) is 0.718. The predicted octanol–water partition coefficient (Wildman–Crippen LogP) is 2.51. The highest BCUT2D eigenvalue weighted by Gasteiger charge is 2.07. The lowest BCUT2D eigenvalue weighted by molar-refractivity contribution is 0.410. The Bertz CT molecular complexity index is 770. The van der Waals surface area contributed by atoms with Crippen molar-refractivity contribution in [2.75, 3.05) is 11.9 Å². The maximum atomic E-state index is 5.78. The Labute approximate surface area is 127 Å². The fourth-order valence-electron chi connectivity index (χ4n) is 2.28. The molecular weight excluding hydrogens is 284 g/mol. The maximum Gasteiger partial charge on any atom is 0.213 e. The van der Waals surface area contributed by atoms with Crippen LogP contribution in [0.4, 0.5) is 5.69 Å². The third kappa shape index (κ3) is 2.85. The number of hydrogen-bond acceptors (Lipinski definition) is 5. The molecule has 0 aliphatic carbocycles. The van der Waals surface area contributed by atoms with Gasteiger partial charge in [-0.15, -0.1) is 0 Å². The van der Waals surface area contributed by atoms with Gasteiger partial charge in [0.15, 0.2) is 5.82 Å². The molecule has 106 valence electrons. The number of nitrogens with zero attached hydrogens (tertiary/aromatic N) is 2. The van der Waals surface area contributed by atoms with Crippen LogP contribution in [0.25, 0.3) is 10.8 Å². The Balaban J connectivity index is 1.85. The van der Waals surface area contributed by atoms with E-state index in [1.54, 1.807) is 0 Å². The third-order valence-electron chi connectivity index (χ3n) is 3.26. The lowest BCUT2D eigenvalue weighted by atomic mass is 10.0. The second-order valence-electron chi connectivity index (χ2n) is 4.59. The number of anilines is 1. The van der Waals surface area contributed by atoms with Crippen LogP contribution >= 0.6 is 12.2 Å². The van der Waals surface area contributed by atoms with E-state index in [0.717, 1.165) is 28.6 Å². The van der Waals surface area contributed by atoms with Gasteiger partial charge in [-0.3, -0.25) is 0 Å². The van der Waals surface area contributed by atoms with Crippen LogP contribution in [0.5, 0.6) is 0 Å². The molecule has 5 nitrogen and oxygen atoms in total. The monoisotopic (exact) mass is 298 g/mol. The summed E-state index contributed by atoms with van der Waals surface area (Å²) in [5.41, 5.74) is 7.71. The molecule has 0 aliphatic heterocycles. The highest BCUT2D eigenvalue weighted by Crippen LogP contribution is 2.26. The zero-order valence-corrected chi connectivity index (χ0v) is 12.1. The number of thiocarbonyl (C=S) groups is 1. The summed E-state index contributed by atoms with van der Waals surface area (Å²) in [5.74, 6) is 0.687. The van der Waals surface area contributed by atoms with Crippen LogP contribution in [0.2, 0.25) is 0 Å². The van der Waals surface area contributed by atoms with Crippen LogP contribution in [-0.4, -0.2) is 21.7 Å². The summed E-state index contributed by atoms with van der Waals surface area (Å²) in [6, 6.07) is 12.0. The fraction of sp³-hybridized carbons (Fsp3) is 0.133. The minimum Gasteiger partial charge on any atom is -0.389 e. The average molecular weight is 298 g/mol. The van der Waals surface area contributed by atoms with E-state index in [4.69, 9.17) is 22.5 Å². The van der Waals surface area contributed by atoms with Crippen LogP contribution in [0.1, 0.15) is 11.4 Å². The molecule has 0 unspecified atom stereocenters. The van der Waals surface area contributed by atoms with Crippen molar-refractivity contribution in [2.45, 2.75) is 6.42 Å². The SMILES string of the molecule is NC(=S)c1ccc(NCCc2ncon2)c2ccccc12. The number of aromatic nitrogens is 2. The lowest BCUT2D eigenvalue weighted by Crippen LogP contribution is -2.11. The van der Waals surface area contributed by atoms with Crippen molar-refractivity contribution in [3.8, 4) is 0 Å². The molecular formula is C15H14N4OS. The number of hydrogen-bond donors (Lipinski definition) is 2. The van der Waals surface area contributed by atoms with Crippen LogP contribution < -0.4 is 11.1 Å². The first-order valence-electron chi connectivity index (χ1n) is 6.56. The molecule has 3 aromatic rings. The van der Waals surface area contributed by atoms with Gasteiger partial charge in [-0.2, -0.15) is 4.98 Å². The summed E-state index contributed by atoms with van der Waals surface area (Å²) < 4.78 is 4.71. The Morgan fingerprint density at radius 1 is 1.19 bits per heavy atom. The van der Waals surface area contributed by atoms with E-state index in [9.17, 15) is 0 Å². The molecule has 0 bridgehead atoms. The molecule has 1 aromatic heterocycles. The third-order valence-corrected chi connectivity index (χ3v) is 3.48. The molecule has 0 amide bonds. The van der Waals surface area contributed by atoms with Crippen molar-refractivity contribution in [1.82, 2.24) is 10.1 Å². The van der Waals surface area contributed by atoms with E-state index in [2.05, 4.69) is 15.5 Å². The molecule has 0 aliphatic rings. The van der Waals surface area contributed by atoms with Gasteiger partial charge in [-0.1, -0.05) is 41.6 Å². The molecule has 0 fully saturated rings. The molecule has 6 heteroatoms. The molecule has 21 heavy (non-hydrogen) atoms. The molecule has 0 saturated heterocycles. The van der Waals surface area contributed by atoms with Crippen molar-refractivity contribution in [3.63, 3.8) is 0 Å². The number of benzene rings is 2. The standard InChI is InChI=1S/C15H14N4OS/c16-15(21)12-5-6-13(11-4-2-1-3-10(11)12)17-8-7-14-18-9-20-19-14/h1-6,9,17H,7-8H2,(H2,16,21). The summed E-state index contributed by atoms with van der Waals surface area (Å²) in [7, 11) is 0. The highest BCUT2D eigenvalue weighted by atomic mass is 32.1. The Kier molecular flexibility index (Phi) is 3.79. The van der Waals surface area contributed by atoms with Gasteiger partial charge in [0.2, 0.25) is 6.39 Å². The minimum absolute atomic E-state index is 0.407. The predicted molar refractivity (Wildman–Crippen MR) is 86.3 cm³/mol. The molecule has 2 aromatic carbocycles. The minimum atomic E-state index is 0.407. The van der Waals surface area contributed by atoms with E-state index >= 15 is 0 Å². The van der Waals surface area contributed by atoms with Gasteiger partial charge < -0.3 is 15.6 Å². The van der Waals surface area contributed by atoms with Crippen molar-refractivity contribution in [2.24, 2.45) is 5.73 Å². The summed E-state index contributed by atoms with van der Waals surface area (Å²) in [4.78, 5) is 4.40. The van der Waals surface area contributed by atoms with E-state index in [1.165, 1.54) is 6.39 Å². The van der Waals surface area contributed by atoms with Crippen LogP contribution in [0, 0.1) is 0 Å². The second kappa shape index (κ2) is 5.88. The van der Waals surface area contributed by atoms with Gasteiger partial charge in [0, 0.05) is 29.6 Å². The zero-order valence-electron chi connectivity index (χ0n) is 11.2. The largest absolute Gasteiger partial charge is 0.389 e. The summed E-state index contributed by atoms with van der Waals surface area (Å²) in [5, 5.41) is 9.32. The number of nitrogens with two attached hydrogens (primary N) is 1. The maximum absolute atomic E-state index is 5.78. The molecule has 1 heterocycles. The van der Waals surface area contributed by atoms with Crippen LogP contribution in [0.3, 0.4) is 0 Å². The number of rotatable bonds is 5. The van der Waals surface area contributed by atoms with Gasteiger partial charge in [0.25, 0.3) is 0 Å². The fourth-order valence-corrected chi connectivity index (χ4v) is 2.46. The normalized spacial score (nSPS) is 10.7. The quantitative estimate of drug-likeness (QED) is 0.705. The first-order chi connectivity index (χ1) is 10.3. The van der Waals surface area contributed by atoms with Crippen molar-refractivity contribution in [1.29, 1.82) is 0 Å². The zero-order chi connectivity index (χ0) is 14.7. The van der Waals surface area contributed by atoms with Gasteiger partial charge >= 0.3 is 0 Å². The van der Waals surface area contributed by atoms with Crippen molar-refractivity contribution >= 4 is 33.7 Å². The smallest absolute Gasteiger partial charge is 0.213 e. The molecule has 0 spiro atoms. The van der Waals surface area contributed by atoms with E-state index in [1.807, 2.05) is 36.4 Å². The first-order valence-corrected chi connectivity index (χ1v) is 6.97. The van der Waals surface area contributed by atoms with Crippen LogP contribution in [-0.2, 0) is 6.42 Å². The topological polar surface area (TPSA) is 77.0 Å². The summed E-state index contributed by atoms with van der Waals surface area (Å²) >= 11 is 5.10. The first kappa shape index (κ1) is 13.5. The molecule has 0 radical (unpaired) electrons.